The van der Waals surface area contributed by atoms with Gasteiger partial charge in [0.15, 0.2) is 0 Å². The first kappa shape index (κ1) is 13.2. The van der Waals surface area contributed by atoms with Crippen molar-refractivity contribution in [2.24, 2.45) is 5.73 Å². The largest absolute Gasteiger partial charge is 0.497 e. The molecule has 0 bridgehead atoms. The van der Waals surface area contributed by atoms with E-state index < -0.39 is 0 Å². The Kier molecular flexibility index (Phi) is 3.49. The number of hydrogen-bond acceptors (Lipinski definition) is 2. The lowest BCUT2D eigenvalue weighted by Gasteiger charge is -2.29. The minimum atomic E-state index is 0.0863. The molecular formula is C18H21NO. The first-order chi connectivity index (χ1) is 9.77. The lowest BCUT2D eigenvalue weighted by Crippen LogP contribution is -2.35. The van der Waals surface area contributed by atoms with Crippen molar-refractivity contribution in [3.63, 3.8) is 0 Å². The summed E-state index contributed by atoms with van der Waals surface area (Å²) in [5, 5.41) is 0. The van der Waals surface area contributed by atoms with Crippen molar-refractivity contribution in [1.82, 2.24) is 0 Å². The molecule has 2 aromatic rings. The van der Waals surface area contributed by atoms with Gasteiger partial charge in [0.25, 0.3) is 0 Å². The van der Waals surface area contributed by atoms with E-state index in [2.05, 4.69) is 42.5 Å². The van der Waals surface area contributed by atoms with Crippen LogP contribution in [0.1, 0.15) is 23.1 Å². The van der Waals surface area contributed by atoms with Gasteiger partial charge in [-0.25, -0.2) is 0 Å². The number of aryl methyl sites for hydroxylation is 1. The van der Waals surface area contributed by atoms with Crippen LogP contribution in [0.2, 0.25) is 0 Å². The first-order valence-corrected chi connectivity index (χ1v) is 7.19. The first-order valence-electron chi connectivity index (χ1n) is 7.19. The fourth-order valence-electron chi connectivity index (χ4n) is 3.41. The molecule has 0 radical (unpaired) electrons. The van der Waals surface area contributed by atoms with Crippen LogP contribution in [0.15, 0.2) is 48.5 Å². The molecule has 104 valence electrons. The van der Waals surface area contributed by atoms with Crippen molar-refractivity contribution in [3.8, 4) is 5.75 Å². The number of nitrogens with two attached hydrogens (primary N) is 1. The summed E-state index contributed by atoms with van der Waals surface area (Å²) in [7, 11) is 1.71. The molecule has 0 amide bonds. The van der Waals surface area contributed by atoms with Gasteiger partial charge >= 0.3 is 0 Å². The summed E-state index contributed by atoms with van der Waals surface area (Å²) in [6, 6.07) is 17.1. The number of methoxy groups -OCH3 is 1. The standard InChI is InChI=1S/C18H21NO/c1-20-16-7-4-5-14(11-16)12-18(13-19)10-9-15-6-2-3-8-17(15)18/h2-8,11H,9-10,12-13,19H2,1H3. The number of benzene rings is 2. The molecule has 0 saturated heterocycles. The predicted octanol–water partition coefficient (Wildman–Crippen LogP) is 3.08. The fraction of sp³-hybridized carbons (Fsp3) is 0.333. The second-order valence-corrected chi connectivity index (χ2v) is 5.67. The highest BCUT2D eigenvalue weighted by molar-refractivity contribution is 5.42. The second kappa shape index (κ2) is 5.29. The maximum atomic E-state index is 6.17. The SMILES string of the molecule is COc1cccc(CC2(CN)CCc3ccccc32)c1. The third-order valence-electron chi connectivity index (χ3n) is 4.53. The van der Waals surface area contributed by atoms with Gasteiger partial charge in [-0.3, -0.25) is 0 Å². The Morgan fingerprint density at radius 2 is 2.00 bits per heavy atom. The van der Waals surface area contributed by atoms with Crippen molar-refractivity contribution in [1.29, 1.82) is 0 Å². The zero-order valence-corrected chi connectivity index (χ0v) is 11.9. The van der Waals surface area contributed by atoms with E-state index in [4.69, 9.17) is 10.5 Å². The molecule has 0 fully saturated rings. The van der Waals surface area contributed by atoms with Crippen LogP contribution in [-0.2, 0) is 18.3 Å². The van der Waals surface area contributed by atoms with Crippen LogP contribution >= 0.6 is 0 Å². The van der Waals surface area contributed by atoms with Crippen LogP contribution in [0.25, 0.3) is 0 Å². The van der Waals surface area contributed by atoms with Crippen molar-refractivity contribution < 1.29 is 4.74 Å². The summed E-state index contributed by atoms with van der Waals surface area (Å²) < 4.78 is 5.32. The monoisotopic (exact) mass is 267 g/mol. The van der Waals surface area contributed by atoms with Crippen molar-refractivity contribution in [3.05, 3.63) is 65.2 Å². The summed E-state index contributed by atoms with van der Waals surface area (Å²) in [5.41, 5.74) is 10.4. The topological polar surface area (TPSA) is 35.2 Å². The highest BCUT2D eigenvalue weighted by atomic mass is 16.5. The lowest BCUT2D eigenvalue weighted by atomic mass is 9.76. The van der Waals surface area contributed by atoms with Crippen LogP contribution in [0, 0.1) is 0 Å². The molecule has 0 aliphatic heterocycles. The highest BCUT2D eigenvalue weighted by Gasteiger charge is 2.37. The van der Waals surface area contributed by atoms with Gasteiger partial charge < -0.3 is 10.5 Å². The Morgan fingerprint density at radius 3 is 2.80 bits per heavy atom. The average Bonchev–Trinajstić information content (AvgIpc) is 2.87. The Bertz CT molecular complexity index is 608. The minimum absolute atomic E-state index is 0.0863. The van der Waals surface area contributed by atoms with E-state index in [1.54, 1.807) is 7.11 Å². The summed E-state index contributed by atoms with van der Waals surface area (Å²) in [6.07, 6.45) is 3.26. The van der Waals surface area contributed by atoms with Crippen molar-refractivity contribution in [2.45, 2.75) is 24.7 Å². The summed E-state index contributed by atoms with van der Waals surface area (Å²) in [4.78, 5) is 0. The molecule has 1 aliphatic carbocycles. The Morgan fingerprint density at radius 1 is 1.15 bits per heavy atom. The quantitative estimate of drug-likeness (QED) is 0.924. The number of hydrogen-bond donors (Lipinski definition) is 1. The molecular weight excluding hydrogens is 246 g/mol. The zero-order valence-electron chi connectivity index (χ0n) is 11.9. The van der Waals surface area contributed by atoms with Crippen LogP contribution in [0.5, 0.6) is 5.75 Å². The summed E-state index contributed by atoms with van der Waals surface area (Å²) in [5.74, 6) is 0.918. The Balaban J connectivity index is 1.95. The van der Waals surface area contributed by atoms with Crippen molar-refractivity contribution >= 4 is 0 Å². The molecule has 1 aliphatic rings. The maximum absolute atomic E-state index is 6.17. The van der Waals surface area contributed by atoms with Gasteiger partial charge in [0, 0.05) is 12.0 Å². The predicted molar refractivity (Wildman–Crippen MR) is 82.2 cm³/mol. The number of rotatable bonds is 4. The van der Waals surface area contributed by atoms with Gasteiger partial charge in [-0.15, -0.1) is 0 Å². The smallest absolute Gasteiger partial charge is 0.119 e. The molecule has 1 atom stereocenters. The summed E-state index contributed by atoms with van der Waals surface area (Å²) >= 11 is 0. The van der Waals surface area contributed by atoms with Crippen molar-refractivity contribution in [2.75, 3.05) is 13.7 Å². The van der Waals surface area contributed by atoms with Gasteiger partial charge in [-0.05, 0) is 48.1 Å². The molecule has 1 unspecified atom stereocenters. The third kappa shape index (κ3) is 2.20. The van der Waals surface area contributed by atoms with E-state index in [0.717, 1.165) is 25.0 Å². The lowest BCUT2D eigenvalue weighted by molar-refractivity contribution is 0.409. The molecule has 3 rings (SSSR count). The van der Waals surface area contributed by atoms with Gasteiger partial charge in [-0.1, -0.05) is 36.4 Å². The van der Waals surface area contributed by atoms with Crippen LogP contribution < -0.4 is 10.5 Å². The number of fused-ring (bicyclic) bond motifs is 1. The van der Waals surface area contributed by atoms with Gasteiger partial charge in [0.05, 0.1) is 7.11 Å². The normalized spacial score (nSPS) is 20.7. The fourth-order valence-corrected chi connectivity index (χ4v) is 3.41. The van der Waals surface area contributed by atoms with Crippen LogP contribution in [-0.4, -0.2) is 13.7 Å². The zero-order chi connectivity index (χ0) is 14.0. The van der Waals surface area contributed by atoms with E-state index in [9.17, 15) is 0 Å². The van der Waals surface area contributed by atoms with E-state index in [-0.39, 0.29) is 5.41 Å². The van der Waals surface area contributed by atoms with E-state index in [1.807, 2.05) is 6.07 Å². The average molecular weight is 267 g/mol. The van der Waals surface area contributed by atoms with Gasteiger partial charge in [0.2, 0.25) is 0 Å². The minimum Gasteiger partial charge on any atom is -0.497 e. The van der Waals surface area contributed by atoms with Gasteiger partial charge in [-0.2, -0.15) is 0 Å². The molecule has 20 heavy (non-hydrogen) atoms. The molecule has 0 spiro atoms. The third-order valence-corrected chi connectivity index (χ3v) is 4.53. The molecule has 2 heteroatoms. The molecule has 0 saturated carbocycles. The van der Waals surface area contributed by atoms with E-state index >= 15 is 0 Å². The molecule has 0 heterocycles. The maximum Gasteiger partial charge on any atom is 0.119 e. The van der Waals surface area contributed by atoms with E-state index in [1.165, 1.54) is 16.7 Å². The Labute approximate surface area is 120 Å². The van der Waals surface area contributed by atoms with Crippen LogP contribution in [0.3, 0.4) is 0 Å². The Hall–Kier alpha value is -1.80. The molecule has 2 nitrogen and oxygen atoms in total. The second-order valence-electron chi connectivity index (χ2n) is 5.67. The van der Waals surface area contributed by atoms with E-state index in [0.29, 0.717) is 6.54 Å². The molecule has 2 N–H and O–H groups in total. The number of ether oxygens (including phenoxy) is 1. The highest BCUT2D eigenvalue weighted by Crippen LogP contribution is 2.41. The molecule has 0 aromatic heterocycles. The van der Waals surface area contributed by atoms with Crippen LogP contribution in [0.4, 0.5) is 0 Å². The molecule has 2 aromatic carbocycles. The summed E-state index contributed by atoms with van der Waals surface area (Å²) in [6.45, 7) is 0.696. The van der Waals surface area contributed by atoms with Gasteiger partial charge in [0.1, 0.15) is 5.75 Å².